The highest BCUT2D eigenvalue weighted by Crippen LogP contribution is 2.44. The van der Waals surface area contributed by atoms with Crippen LogP contribution in [-0.4, -0.2) is 33.1 Å². The number of nitrogens with zero attached hydrogens (tertiary/aromatic N) is 3. The smallest absolute Gasteiger partial charge is 0.308 e. The molecule has 3 unspecified atom stereocenters. The number of aryl methyl sites for hydroxylation is 2. The van der Waals surface area contributed by atoms with Gasteiger partial charge in [0.1, 0.15) is 0 Å². The van der Waals surface area contributed by atoms with Crippen LogP contribution in [0.1, 0.15) is 30.7 Å². The molecule has 2 saturated heterocycles. The minimum Gasteiger partial charge on any atom is -0.481 e. The predicted molar refractivity (Wildman–Crippen MR) is 66.5 cm³/mol. The van der Waals surface area contributed by atoms with Crippen LogP contribution in [0.5, 0.6) is 0 Å². The highest BCUT2D eigenvalue weighted by molar-refractivity contribution is 5.74. The van der Waals surface area contributed by atoms with E-state index in [4.69, 9.17) is 0 Å². The summed E-state index contributed by atoms with van der Waals surface area (Å²) in [6.45, 7) is 3.86. The lowest BCUT2D eigenvalue weighted by atomic mass is 9.89. The van der Waals surface area contributed by atoms with E-state index in [2.05, 4.69) is 14.9 Å². The Hall–Kier alpha value is -1.65. The summed E-state index contributed by atoms with van der Waals surface area (Å²) in [6.07, 6.45) is 4.53. The predicted octanol–water partition coefficient (Wildman–Crippen LogP) is 1.54. The van der Waals surface area contributed by atoms with Crippen LogP contribution in [0.4, 0.5) is 5.82 Å². The molecule has 3 heterocycles. The lowest BCUT2D eigenvalue weighted by Crippen LogP contribution is -2.34. The molecule has 1 N–H and O–H groups in total. The molecule has 0 radical (unpaired) electrons. The standard InChI is InChI=1S/C13H17N3O2/c1-7-6-14-8(2)12(15-7)16-9-3-4-11(16)10(5-9)13(17)18/h6,9-11H,3-5H2,1-2H3,(H,17,18). The van der Waals surface area contributed by atoms with Crippen molar-refractivity contribution in [2.24, 2.45) is 5.92 Å². The van der Waals surface area contributed by atoms with Crippen LogP contribution in [0.2, 0.25) is 0 Å². The number of hydrogen-bond donors (Lipinski definition) is 1. The Morgan fingerprint density at radius 3 is 2.89 bits per heavy atom. The molecular formula is C13H17N3O2. The molecule has 96 valence electrons. The molecule has 0 aromatic carbocycles. The fourth-order valence-electron chi connectivity index (χ4n) is 3.35. The molecule has 2 bridgehead atoms. The zero-order chi connectivity index (χ0) is 12.9. The van der Waals surface area contributed by atoms with Gasteiger partial charge in [-0.05, 0) is 33.1 Å². The molecule has 1 aromatic rings. The van der Waals surface area contributed by atoms with Gasteiger partial charge in [-0.15, -0.1) is 0 Å². The number of aliphatic carboxylic acids is 1. The van der Waals surface area contributed by atoms with Crippen molar-refractivity contribution in [2.75, 3.05) is 4.90 Å². The van der Waals surface area contributed by atoms with Crippen molar-refractivity contribution in [3.63, 3.8) is 0 Å². The zero-order valence-corrected chi connectivity index (χ0v) is 10.6. The van der Waals surface area contributed by atoms with Crippen molar-refractivity contribution < 1.29 is 9.90 Å². The normalized spacial score (nSPS) is 29.9. The largest absolute Gasteiger partial charge is 0.481 e. The van der Waals surface area contributed by atoms with E-state index in [0.717, 1.165) is 36.5 Å². The van der Waals surface area contributed by atoms with E-state index in [-0.39, 0.29) is 12.0 Å². The summed E-state index contributed by atoms with van der Waals surface area (Å²) in [5, 5.41) is 9.26. The third kappa shape index (κ3) is 1.57. The molecule has 0 aliphatic carbocycles. The summed E-state index contributed by atoms with van der Waals surface area (Å²) < 4.78 is 0. The molecule has 5 nitrogen and oxygen atoms in total. The van der Waals surface area contributed by atoms with E-state index in [1.165, 1.54) is 0 Å². The molecule has 1 aromatic heterocycles. The second-order valence-corrected chi connectivity index (χ2v) is 5.31. The number of hydrogen-bond acceptors (Lipinski definition) is 4. The van der Waals surface area contributed by atoms with E-state index < -0.39 is 5.97 Å². The minimum atomic E-state index is -0.675. The first kappa shape index (κ1) is 11.4. The summed E-state index contributed by atoms with van der Waals surface area (Å²) in [7, 11) is 0. The van der Waals surface area contributed by atoms with Gasteiger partial charge in [0.15, 0.2) is 5.82 Å². The van der Waals surface area contributed by atoms with Gasteiger partial charge in [0.05, 0.1) is 17.3 Å². The lowest BCUT2D eigenvalue weighted by Gasteiger charge is -2.25. The quantitative estimate of drug-likeness (QED) is 0.858. The Bertz CT molecular complexity index is 503. The van der Waals surface area contributed by atoms with Gasteiger partial charge < -0.3 is 10.0 Å². The minimum absolute atomic E-state index is 0.0994. The Kier molecular flexibility index (Phi) is 2.50. The lowest BCUT2D eigenvalue weighted by molar-refractivity contribution is -0.142. The van der Waals surface area contributed by atoms with E-state index in [9.17, 15) is 9.90 Å². The van der Waals surface area contributed by atoms with Gasteiger partial charge >= 0.3 is 5.97 Å². The van der Waals surface area contributed by atoms with Crippen molar-refractivity contribution in [1.82, 2.24) is 9.97 Å². The number of carboxylic acid groups (broad SMARTS) is 1. The van der Waals surface area contributed by atoms with Crippen LogP contribution < -0.4 is 4.90 Å². The fraction of sp³-hybridized carbons (Fsp3) is 0.615. The molecule has 0 spiro atoms. The van der Waals surface area contributed by atoms with Gasteiger partial charge in [0, 0.05) is 18.3 Å². The number of aromatic nitrogens is 2. The van der Waals surface area contributed by atoms with Crippen LogP contribution in [0.3, 0.4) is 0 Å². The van der Waals surface area contributed by atoms with Crippen LogP contribution in [0.15, 0.2) is 6.20 Å². The number of carboxylic acids is 1. The van der Waals surface area contributed by atoms with Crippen molar-refractivity contribution in [2.45, 2.75) is 45.2 Å². The Labute approximate surface area is 106 Å². The topological polar surface area (TPSA) is 66.3 Å². The first-order valence-corrected chi connectivity index (χ1v) is 6.39. The van der Waals surface area contributed by atoms with Crippen LogP contribution in [0, 0.1) is 19.8 Å². The molecule has 0 amide bonds. The van der Waals surface area contributed by atoms with Gasteiger partial charge in [-0.3, -0.25) is 9.78 Å². The van der Waals surface area contributed by atoms with Crippen molar-refractivity contribution >= 4 is 11.8 Å². The maximum Gasteiger partial charge on any atom is 0.308 e. The first-order valence-electron chi connectivity index (χ1n) is 6.39. The molecule has 3 rings (SSSR count). The van der Waals surface area contributed by atoms with Gasteiger partial charge in [0.2, 0.25) is 0 Å². The monoisotopic (exact) mass is 247 g/mol. The number of carbonyl (C=O) groups is 1. The zero-order valence-electron chi connectivity index (χ0n) is 10.6. The average molecular weight is 247 g/mol. The summed E-state index contributed by atoms with van der Waals surface area (Å²) in [6, 6.07) is 0.424. The van der Waals surface area contributed by atoms with E-state index >= 15 is 0 Å². The molecule has 3 atom stereocenters. The molecule has 2 fully saturated rings. The number of fused-ring (bicyclic) bond motifs is 2. The molecule has 2 aliphatic heterocycles. The second-order valence-electron chi connectivity index (χ2n) is 5.31. The van der Waals surface area contributed by atoms with Gasteiger partial charge in [0.25, 0.3) is 0 Å². The van der Waals surface area contributed by atoms with E-state index in [0.29, 0.717) is 6.04 Å². The third-order valence-corrected chi connectivity index (χ3v) is 4.15. The second kappa shape index (κ2) is 3.93. The van der Waals surface area contributed by atoms with Crippen molar-refractivity contribution in [3.05, 3.63) is 17.6 Å². The van der Waals surface area contributed by atoms with Crippen LogP contribution in [0.25, 0.3) is 0 Å². The summed E-state index contributed by atoms with van der Waals surface area (Å²) in [4.78, 5) is 22.4. The van der Waals surface area contributed by atoms with Crippen molar-refractivity contribution in [3.8, 4) is 0 Å². The molecular weight excluding hydrogens is 230 g/mol. The van der Waals surface area contributed by atoms with E-state index in [1.54, 1.807) is 6.20 Å². The van der Waals surface area contributed by atoms with Gasteiger partial charge in [-0.2, -0.15) is 0 Å². The fourth-order valence-corrected chi connectivity index (χ4v) is 3.35. The first-order chi connectivity index (χ1) is 8.58. The van der Waals surface area contributed by atoms with E-state index in [1.807, 2.05) is 13.8 Å². The van der Waals surface area contributed by atoms with Gasteiger partial charge in [-0.1, -0.05) is 0 Å². The molecule has 18 heavy (non-hydrogen) atoms. The molecule has 0 saturated carbocycles. The Balaban J connectivity index is 1.98. The number of anilines is 1. The maximum absolute atomic E-state index is 11.3. The highest BCUT2D eigenvalue weighted by Gasteiger charge is 2.50. The van der Waals surface area contributed by atoms with Crippen LogP contribution >= 0.6 is 0 Å². The highest BCUT2D eigenvalue weighted by atomic mass is 16.4. The summed E-state index contributed by atoms with van der Waals surface area (Å²) in [5.41, 5.74) is 1.78. The van der Waals surface area contributed by atoms with Gasteiger partial charge in [-0.25, -0.2) is 4.98 Å². The molecule has 5 heteroatoms. The molecule has 2 aliphatic rings. The SMILES string of the molecule is Cc1cnc(C)c(N2C3CCC2C(C(=O)O)C3)n1. The summed E-state index contributed by atoms with van der Waals surface area (Å²) in [5.74, 6) is -0.0397. The number of rotatable bonds is 2. The Morgan fingerprint density at radius 1 is 1.44 bits per heavy atom. The summed E-state index contributed by atoms with van der Waals surface area (Å²) >= 11 is 0. The third-order valence-electron chi connectivity index (χ3n) is 4.15. The maximum atomic E-state index is 11.3. The average Bonchev–Trinajstić information content (AvgIpc) is 2.89. The van der Waals surface area contributed by atoms with Crippen molar-refractivity contribution in [1.29, 1.82) is 0 Å². The van der Waals surface area contributed by atoms with Crippen LogP contribution in [-0.2, 0) is 4.79 Å². The Morgan fingerprint density at radius 2 is 2.22 bits per heavy atom.